The maximum absolute atomic E-state index is 12.9. The lowest BCUT2D eigenvalue weighted by atomic mass is 10.2. The van der Waals surface area contributed by atoms with Gasteiger partial charge < -0.3 is 10.6 Å². The zero-order valence-corrected chi connectivity index (χ0v) is 16.8. The standard InChI is InChI=1S/C20H20FN5O2S/c1-13-4-3-5-17(10-13)26-14(2)24-25-20(26)29-12-19(28)22-11-18(27)23-16-8-6-15(21)7-9-16/h3-10H,11-12H2,1-2H3,(H,22,28)(H,23,27). The molecule has 0 bridgehead atoms. The number of hydrogen-bond donors (Lipinski definition) is 2. The van der Waals surface area contributed by atoms with Gasteiger partial charge in [-0.15, -0.1) is 10.2 Å². The molecule has 2 aromatic carbocycles. The fraction of sp³-hybridized carbons (Fsp3) is 0.200. The minimum atomic E-state index is -0.395. The van der Waals surface area contributed by atoms with Crippen LogP contribution in [0.4, 0.5) is 10.1 Å². The van der Waals surface area contributed by atoms with Gasteiger partial charge in [0.25, 0.3) is 0 Å². The summed E-state index contributed by atoms with van der Waals surface area (Å²) in [5.74, 6) is -0.276. The normalized spacial score (nSPS) is 10.6. The molecule has 0 unspecified atom stereocenters. The first-order valence-electron chi connectivity index (χ1n) is 8.86. The molecule has 2 N–H and O–H groups in total. The number of hydrogen-bond acceptors (Lipinski definition) is 5. The summed E-state index contributed by atoms with van der Waals surface area (Å²) in [5, 5.41) is 14.0. The van der Waals surface area contributed by atoms with Gasteiger partial charge in [-0.05, 0) is 55.8 Å². The lowest BCUT2D eigenvalue weighted by Crippen LogP contribution is -2.33. The second-order valence-electron chi connectivity index (χ2n) is 6.32. The SMILES string of the molecule is Cc1cccc(-n2c(C)nnc2SCC(=O)NCC(=O)Nc2ccc(F)cc2)c1. The summed E-state index contributed by atoms with van der Waals surface area (Å²) < 4.78 is 14.8. The minimum Gasteiger partial charge on any atom is -0.346 e. The largest absolute Gasteiger partial charge is 0.346 e. The third-order valence-electron chi connectivity index (χ3n) is 3.96. The molecular weight excluding hydrogens is 393 g/mol. The minimum absolute atomic E-state index is 0.0910. The van der Waals surface area contributed by atoms with E-state index in [1.54, 1.807) is 0 Å². The van der Waals surface area contributed by atoms with Crippen LogP contribution in [0.3, 0.4) is 0 Å². The highest BCUT2D eigenvalue weighted by molar-refractivity contribution is 7.99. The molecule has 0 fully saturated rings. The van der Waals surface area contributed by atoms with Crippen molar-refractivity contribution in [2.75, 3.05) is 17.6 Å². The van der Waals surface area contributed by atoms with Crippen molar-refractivity contribution in [3.05, 3.63) is 65.7 Å². The lowest BCUT2D eigenvalue weighted by molar-refractivity contribution is -0.122. The molecule has 0 saturated carbocycles. The molecule has 2 amide bonds. The van der Waals surface area contributed by atoms with Gasteiger partial charge in [0, 0.05) is 11.4 Å². The molecule has 1 heterocycles. The van der Waals surface area contributed by atoms with Crippen molar-refractivity contribution in [3.8, 4) is 5.69 Å². The van der Waals surface area contributed by atoms with Gasteiger partial charge in [-0.3, -0.25) is 14.2 Å². The van der Waals surface area contributed by atoms with E-state index in [0.29, 0.717) is 10.8 Å². The van der Waals surface area contributed by atoms with E-state index in [1.165, 1.54) is 36.0 Å². The number of nitrogens with zero attached hydrogens (tertiary/aromatic N) is 3. The van der Waals surface area contributed by atoms with E-state index in [0.717, 1.165) is 17.1 Å². The van der Waals surface area contributed by atoms with Crippen molar-refractivity contribution in [1.29, 1.82) is 0 Å². The van der Waals surface area contributed by atoms with E-state index in [1.807, 2.05) is 42.7 Å². The van der Waals surface area contributed by atoms with Crippen molar-refractivity contribution < 1.29 is 14.0 Å². The number of nitrogens with one attached hydrogen (secondary N) is 2. The molecule has 0 saturated heterocycles. The summed E-state index contributed by atoms with van der Waals surface area (Å²) in [5.41, 5.74) is 2.49. The molecule has 0 radical (unpaired) electrons. The number of carbonyl (C=O) groups is 2. The molecule has 0 atom stereocenters. The Kier molecular flexibility index (Phi) is 6.61. The Balaban J connectivity index is 1.52. The second-order valence-corrected chi connectivity index (χ2v) is 7.27. The maximum atomic E-state index is 12.9. The van der Waals surface area contributed by atoms with Crippen molar-refractivity contribution in [3.63, 3.8) is 0 Å². The van der Waals surface area contributed by atoms with E-state index >= 15 is 0 Å². The second kappa shape index (κ2) is 9.33. The number of rotatable bonds is 7. The highest BCUT2D eigenvalue weighted by Gasteiger charge is 2.14. The van der Waals surface area contributed by atoms with Crippen LogP contribution in [0.2, 0.25) is 0 Å². The van der Waals surface area contributed by atoms with E-state index < -0.39 is 5.91 Å². The average molecular weight is 413 g/mol. The zero-order chi connectivity index (χ0) is 20.8. The van der Waals surface area contributed by atoms with Crippen LogP contribution in [0.15, 0.2) is 53.7 Å². The zero-order valence-electron chi connectivity index (χ0n) is 16.0. The van der Waals surface area contributed by atoms with Crippen molar-refractivity contribution in [2.45, 2.75) is 19.0 Å². The van der Waals surface area contributed by atoms with E-state index in [9.17, 15) is 14.0 Å². The highest BCUT2D eigenvalue weighted by Crippen LogP contribution is 2.22. The summed E-state index contributed by atoms with van der Waals surface area (Å²) in [6.07, 6.45) is 0. The summed E-state index contributed by atoms with van der Waals surface area (Å²) in [6.45, 7) is 3.67. The Morgan fingerprint density at radius 2 is 1.83 bits per heavy atom. The van der Waals surface area contributed by atoms with Gasteiger partial charge in [-0.25, -0.2) is 4.39 Å². The Labute approximate surface area is 171 Å². The van der Waals surface area contributed by atoms with Crippen LogP contribution in [-0.4, -0.2) is 38.9 Å². The van der Waals surface area contributed by atoms with Crippen LogP contribution in [-0.2, 0) is 9.59 Å². The number of aryl methyl sites for hydroxylation is 2. The van der Waals surface area contributed by atoms with E-state index in [4.69, 9.17) is 0 Å². The molecule has 9 heteroatoms. The predicted octanol–water partition coefficient (Wildman–Crippen LogP) is 2.87. The third kappa shape index (κ3) is 5.64. The van der Waals surface area contributed by atoms with Gasteiger partial charge in [-0.2, -0.15) is 0 Å². The van der Waals surface area contributed by atoms with Crippen LogP contribution in [0.1, 0.15) is 11.4 Å². The molecule has 29 heavy (non-hydrogen) atoms. The van der Waals surface area contributed by atoms with Crippen molar-refractivity contribution in [1.82, 2.24) is 20.1 Å². The number of carbonyl (C=O) groups excluding carboxylic acids is 2. The van der Waals surface area contributed by atoms with Crippen LogP contribution in [0.5, 0.6) is 0 Å². The Hall–Kier alpha value is -3.20. The number of thioether (sulfide) groups is 1. The first-order chi connectivity index (χ1) is 13.9. The van der Waals surface area contributed by atoms with E-state index in [2.05, 4.69) is 20.8 Å². The maximum Gasteiger partial charge on any atom is 0.243 e. The fourth-order valence-electron chi connectivity index (χ4n) is 2.60. The summed E-state index contributed by atoms with van der Waals surface area (Å²) in [7, 11) is 0. The summed E-state index contributed by atoms with van der Waals surface area (Å²) >= 11 is 1.24. The number of amides is 2. The quantitative estimate of drug-likeness (QED) is 0.582. The fourth-order valence-corrected chi connectivity index (χ4v) is 3.43. The van der Waals surface area contributed by atoms with Gasteiger partial charge in [0.2, 0.25) is 11.8 Å². The van der Waals surface area contributed by atoms with Gasteiger partial charge in [0.1, 0.15) is 11.6 Å². The molecule has 0 spiro atoms. The molecule has 7 nitrogen and oxygen atoms in total. The number of anilines is 1. The van der Waals surface area contributed by atoms with E-state index in [-0.39, 0.29) is 24.0 Å². The summed E-state index contributed by atoms with van der Waals surface area (Å²) in [4.78, 5) is 24.0. The Morgan fingerprint density at radius 1 is 1.07 bits per heavy atom. The van der Waals surface area contributed by atoms with Gasteiger partial charge >= 0.3 is 0 Å². The predicted molar refractivity (Wildman–Crippen MR) is 110 cm³/mol. The average Bonchev–Trinajstić information content (AvgIpc) is 3.07. The molecule has 3 aromatic rings. The van der Waals surface area contributed by atoms with Gasteiger partial charge in [-0.1, -0.05) is 23.9 Å². The van der Waals surface area contributed by atoms with Crippen LogP contribution >= 0.6 is 11.8 Å². The Morgan fingerprint density at radius 3 is 2.55 bits per heavy atom. The number of benzene rings is 2. The first kappa shape index (κ1) is 20.5. The molecular formula is C20H20FN5O2S. The number of aromatic nitrogens is 3. The molecule has 3 rings (SSSR count). The molecule has 1 aromatic heterocycles. The smallest absolute Gasteiger partial charge is 0.243 e. The molecule has 0 aliphatic carbocycles. The topological polar surface area (TPSA) is 88.9 Å². The monoisotopic (exact) mass is 413 g/mol. The highest BCUT2D eigenvalue weighted by atomic mass is 32.2. The molecule has 0 aliphatic rings. The lowest BCUT2D eigenvalue weighted by Gasteiger charge is -2.09. The van der Waals surface area contributed by atoms with Crippen LogP contribution in [0.25, 0.3) is 5.69 Å². The Bertz CT molecular complexity index is 1020. The number of halogens is 1. The third-order valence-corrected chi connectivity index (χ3v) is 4.89. The summed E-state index contributed by atoms with van der Waals surface area (Å²) in [6, 6.07) is 13.3. The first-order valence-corrected chi connectivity index (χ1v) is 9.85. The molecule has 0 aliphatic heterocycles. The van der Waals surface area contributed by atoms with Crippen LogP contribution in [0, 0.1) is 19.7 Å². The van der Waals surface area contributed by atoms with Crippen molar-refractivity contribution in [2.24, 2.45) is 0 Å². The van der Waals surface area contributed by atoms with Gasteiger partial charge in [0.15, 0.2) is 5.16 Å². The van der Waals surface area contributed by atoms with Crippen molar-refractivity contribution >= 4 is 29.3 Å². The molecule has 150 valence electrons. The van der Waals surface area contributed by atoms with Crippen LogP contribution < -0.4 is 10.6 Å². The van der Waals surface area contributed by atoms with Gasteiger partial charge in [0.05, 0.1) is 12.3 Å².